The largest absolute Gasteiger partial charge is 0.503 e. The lowest BCUT2D eigenvalue weighted by Crippen LogP contribution is -2.31. The molecule has 0 atom stereocenters. The van der Waals surface area contributed by atoms with Crippen molar-refractivity contribution in [2.24, 2.45) is 5.84 Å². The number of nitrogens with two attached hydrogens (primary N) is 1. The molecule has 1 aliphatic rings. The lowest BCUT2D eigenvalue weighted by molar-refractivity contribution is -0.127. The number of carbonyl (C=O) groups is 2. The molecule has 6 heteroatoms. The van der Waals surface area contributed by atoms with Gasteiger partial charge in [0.15, 0.2) is 0 Å². The zero-order valence-electron chi connectivity index (χ0n) is 5.86. The summed E-state index contributed by atoms with van der Waals surface area (Å²) in [7, 11) is 0. The number of carbonyl (C=O) groups excluding carboxylic acids is 1. The van der Waals surface area contributed by atoms with Crippen LogP contribution in [0.3, 0.4) is 0 Å². The molecule has 4 N–H and O–H groups in total. The third-order valence-corrected chi connectivity index (χ3v) is 1.11. The van der Waals surface area contributed by atoms with Gasteiger partial charge in [0, 0.05) is 13.0 Å². The Hall–Kier alpha value is -1.30. The van der Waals surface area contributed by atoms with Gasteiger partial charge in [0.05, 0.1) is 0 Å². The molecular formula is C5H10N2O4. The van der Waals surface area contributed by atoms with Gasteiger partial charge in [0.2, 0.25) is 5.91 Å². The van der Waals surface area contributed by atoms with Crippen LogP contribution in [0.5, 0.6) is 0 Å². The molecule has 1 amide bonds. The van der Waals surface area contributed by atoms with Crippen molar-refractivity contribution >= 4 is 12.1 Å². The number of rotatable bonds is 0. The van der Waals surface area contributed by atoms with E-state index < -0.39 is 6.16 Å². The van der Waals surface area contributed by atoms with Gasteiger partial charge in [-0.2, -0.15) is 0 Å². The van der Waals surface area contributed by atoms with Gasteiger partial charge in [0.25, 0.3) is 0 Å². The molecule has 11 heavy (non-hydrogen) atoms. The van der Waals surface area contributed by atoms with Gasteiger partial charge in [-0.15, -0.1) is 0 Å². The third kappa shape index (κ3) is 5.16. The number of carboxylic acid groups (broad SMARTS) is 2. The van der Waals surface area contributed by atoms with Gasteiger partial charge >= 0.3 is 6.16 Å². The van der Waals surface area contributed by atoms with E-state index in [9.17, 15) is 4.79 Å². The van der Waals surface area contributed by atoms with Gasteiger partial charge in [-0.1, -0.05) is 0 Å². The van der Waals surface area contributed by atoms with Crippen molar-refractivity contribution in [2.45, 2.75) is 12.8 Å². The Morgan fingerprint density at radius 1 is 1.55 bits per heavy atom. The molecule has 1 saturated heterocycles. The van der Waals surface area contributed by atoms with Crippen LogP contribution in [0.15, 0.2) is 0 Å². The zero-order chi connectivity index (χ0) is 8.85. The SMILES string of the molecule is NN1CCCC1=O.O=C(O)O. The number of nitrogens with zero attached hydrogens (tertiary/aromatic N) is 1. The summed E-state index contributed by atoms with van der Waals surface area (Å²) in [6, 6.07) is 0. The fourth-order valence-electron chi connectivity index (χ4n) is 0.669. The summed E-state index contributed by atoms with van der Waals surface area (Å²) in [6.45, 7) is 0.735. The maximum absolute atomic E-state index is 10.4. The lowest BCUT2D eigenvalue weighted by Gasteiger charge is -2.03. The highest BCUT2D eigenvalue weighted by molar-refractivity contribution is 5.77. The predicted molar refractivity (Wildman–Crippen MR) is 35.8 cm³/mol. The van der Waals surface area contributed by atoms with Crippen LogP contribution in [0.25, 0.3) is 0 Å². The summed E-state index contributed by atoms with van der Waals surface area (Å²) in [5.74, 6) is 5.23. The molecule has 1 rings (SSSR count). The van der Waals surface area contributed by atoms with Crippen molar-refractivity contribution in [3.63, 3.8) is 0 Å². The maximum Gasteiger partial charge on any atom is 0.503 e. The highest BCUT2D eigenvalue weighted by Gasteiger charge is 2.15. The summed E-state index contributed by atoms with van der Waals surface area (Å²) >= 11 is 0. The van der Waals surface area contributed by atoms with E-state index in [2.05, 4.69) is 0 Å². The molecule has 0 saturated carbocycles. The first-order valence-electron chi connectivity index (χ1n) is 3.01. The van der Waals surface area contributed by atoms with E-state index in [1.165, 1.54) is 5.01 Å². The lowest BCUT2D eigenvalue weighted by atomic mass is 10.4. The molecule has 0 aromatic heterocycles. The number of amides is 1. The number of hydrogen-bond donors (Lipinski definition) is 3. The van der Waals surface area contributed by atoms with Gasteiger partial charge in [-0.05, 0) is 6.42 Å². The molecule has 0 unspecified atom stereocenters. The molecule has 1 aliphatic heterocycles. The molecule has 0 bridgehead atoms. The molecular weight excluding hydrogens is 152 g/mol. The van der Waals surface area contributed by atoms with Crippen molar-refractivity contribution in [2.75, 3.05) is 6.54 Å². The van der Waals surface area contributed by atoms with Crippen LogP contribution >= 0.6 is 0 Å². The monoisotopic (exact) mass is 162 g/mol. The summed E-state index contributed by atoms with van der Waals surface area (Å²) in [4.78, 5) is 18.9. The Kier molecular flexibility index (Phi) is 3.97. The fraction of sp³-hybridized carbons (Fsp3) is 0.600. The highest BCUT2D eigenvalue weighted by atomic mass is 16.6. The minimum atomic E-state index is -1.83. The van der Waals surface area contributed by atoms with Crippen LogP contribution in [0.1, 0.15) is 12.8 Å². The van der Waals surface area contributed by atoms with Crippen molar-refractivity contribution in [1.82, 2.24) is 5.01 Å². The Morgan fingerprint density at radius 3 is 2.09 bits per heavy atom. The highest BCUT2D eigenvalue weighted by Crippen LogP contribution is 2.02. The van der Waals surface area contributed by atoms with Crippen LogP contribution in [0.4, 0.5) is 4.79 Å². The van der Waals surface area contributed by atoms with Crippen molar-refractivity contribution in [3.8, 4) is 0 Å². The first kappa shape index (κ1) is 9.70. The van der Waals surface area contributed by atoms with E-state index in [0.29, 0.717) is 6.42 Å². The second-order valence-corrected chi connectivity index (χ2v) is 1.97. The van der Waals surface area contributed by atoms with Gasteiger partial charge in [0.1, 0.15) is 0 Å². The predicted octanol–water partition coefficient (Wildman–Crippen LogP) is -0.295. The molecule has 64 valence electrons. The summed E-state index contributed by atoms with van der Waals surface area (Å²) < 4.78 is 0. The minimum absolute atomic E-state index is 0.0694. The van der Waals surface area contributed by atoms with Crippen molar-refractivity contribution in [1.29, 1.82) is 0 Å². The molecule has 0 spiro atoms. The van der Waals surface area contributed by atoms with Crippen molar-refractivity contribution < 1.29 is 19.8 Å². The molecule has 6 nitrogen and oxygen atoms in total. The van der Waals surface area contributed by atoms with Crippen LogP contribution in [0.2, 0.25) is 0 Å². The van der Waals surface area contributed by atoms with Crippen LogP contribution in [0, 0.1) is 0 Å². The van der Waals surface area contributed by atoms with E-state index >= 15 is 0 Å². The fourth-order valence-corrected chi connectivity index (χ4v) is 0.669. The maximum atomic E-state index is 10.4. The van der Waals surface area contributed by atoms with Crippen LogP contribution < -0.4 is 5.84 Å². The van der Waals surface area contributed by atoms with Crippen molar-refractivity contribution in [3.05, 3.63) is 0 Å². The second kappa shape index (κ2) is 4.51. The van der Waals surface area contributed by atoms with Gasteiger partial charge in [-0.3, -0.25) is 9.80 Å². The average Bonchev–Trinajstić information content (AvgIpc) is 2.15. The summed E-state index contributed by atoms with van der Waals surface area (Å²) in [5, 5.41) is 15.2. The summed E-state index contributed by atoms with van der Waals surface area (Å²) in [5.41, 5.74) is 0. The van der Waals surface area contributed by atoms with E-state index in [1.807, 2.05) is 0 Å². The standard InChI is InChI=1S/C4H8N2O.CH2O3/c5-6-3-1-2-4(6)7;2-1(3)4/h1-3,5H2;(H2,2,3,4). The number of hydrazine groups is 1. The van der Waals surface area contributed by atoms with E-state index in [4.69, 9.17) is 20.9 Å². The van der Waals surface area contributed by atoms with E-state index in [-0.39, 0.29) is 5.91 Å². The molecule has 0 aromatic rings. The molecule has 1 fully saturated rings. The normalized spacial score (nSPS) is 15.7. The van der Waals surface area contributed by atoms with Gasteiger partial charge < -0.3 is 10.2 Å². The second-order valence-electron chi connectivity index (χ2n) is 1.97. The van der Waals surface area contributed by atoms with E-state index in [1.54, 1.807) is 0 Å². The minimum Gasteiger partial charge on any atom is -0.450 e. The Labute approximate surface area is 63.2 Å². The van der Waals surface area contributed by atoms with Crippen LogP contribution in [-0.4, -0.2) is 33.8 Å². The average molecular weight is 162 g/mol. The third-order valence-electron chi connectivity index (χ3n) is 1.11. The Balaban J connectivity index is 0.000000218. The molecule has 0 aromatic carbocycles. The Morgan fingerprint density at radius 2 is 2.00 bits per heavy atom. The molecule has 1 heterocycles. The zero-order valence-corrected chi connectivity index (χ0v) is 5.86. The van der Waals surface area contributed by atoms with Crippen LogP contribution in [-0.2, 0) is 4.79 Å². The van der Waals surface area contributed by atoms with Gasteiger partial charge in [-0.25, -0.2) is 10.6 Å². The molecule has 0 radical (unpaired) electrons. The Bertz CT molecular complexity index is 155. The molecule has 0 aliphatic carbocycles. The first-order valence-corrected chi connectivity index (χ1v) is 3.01. The topological polar surface area (TPSA) is 104 Å². The first-order chi connectivity index (χ1) is 5.04. The summed E-state index contributed by atoms with van der Waals surface area (Å²) in [6.07, 6.45) is -0.272. The smallest absolute Gasteiger partial charge is 0.450 e. The van der Waals surface area contributed by atoms with E-state index in [0.717, 1.165) is 13.0 Å². The number of hydrogen-bond acceptors (Lipinski definition) is 3. The quantitative estimate of drug-likeness (QED) is 0.335.